The first-order valence-corrected chi connectivity index (χ1v) is 23.4. The predicted octanol–water partition coefficient (Wildman–Crippen LogP) is 1.05. The molecule has 4 aromatic carbocycles. The molecule has 0 aliphatic heterocycles. The van der Waals surface area contributed by atoms with E-state index in [2.05, 4.69) is 40.5 Å². The smallest absolute Gasteiger partial charge is 0.744 e. The summed E-state index contributed by atoms with van der Waals surface area (Å²) in [5.41, 5.74) is 2.12. The Balaban J connectivity index is 0.00000476. The molecular weight excluding hydrogens is 907 g/mol. The van der Waals surface area contributed by atoms with Crippen LogP contribution in [0.3, 0.4) is 0 Å². The van der Waals surface area contributed by atoms with Crippen molar-refractivity contribution < 1.29 is 94.7 Å². The molecule has 0 atom stereocenters. The summed E-state index contributed by atoms with van der Waals surface area (Å²) in [6.45, 7) is 9.50. The Morgan fingerprint density at radius 3 is 1.59 bits per heavy atom. The largest absolute Gasteiger partial charge is 1.00 e. The summed E-state index contributed by atoms with van der Waals surface area (Å²) >= 11 is 0. The van der Waals surface area contributed by atoms with Crippen LogP contribution in [0.15, 0.2) is 107 Å². The van der Waals surface area contributed by atoms with Gasteiger partial charge in [-0.3, -0.25) is 0 Å². The molecule has 2 heterocycles. The molecule has 2 aromatic heterocycles. The molecule has 0 saturated heterocycles. The van der Waals surface area contributed by atoms with E-state index >= 15 is 0 Å². The SMILES string of the molecule is CCCN(CCC)c1nc(Nc2ccccc2)nc(Nc2ccc(/C=C/c3ccc(Cc4nc(Cc5ccccc5)nc(N(OCC)OCC)n4)cc3S(=O)(=O)[O-])c(S(=O)(=O)[O-])c2)n1.[Na+].[Na+]. The zero-order valence-electron chi connectivity index (χ0n) is 37.7. The summed E-state index contributed by atoms with van der Waals surface area (Å²) in [7, 11) is -10.2. The number of rotatable bonds is 22. The van der Waals surface area contributed by atoms with Gasteiger partial charge in [0.25, 0.3) is 5.95 Å². The van der Waals surface area contributed by atoms with E-state index in [9.17, 15) is 25.9 Å². The fraction of sp³-hybridized carbons (Fsp3) is 0.273. The molecule has 22 heteroatoms. The van der Waals surface area contributed by atoms with Gasteiger partial charge in [-0.2, -0.15) is 24.9 Å². The van der Waals surface area contributed by atoms with Crippen LogP contribution >= 0.6 is 0 Å². The van der Waals surface area contributed by atoms with Crippen molar-refractivity contribution in [2.75, 3.05) is 47.1 Å². The third-order valence-corrected chi connectivity index (χ3v) is 11.0. The standard InChI is InChI=1S/C44H50N10O8S2.2Na/c1-5-25-53(26-6-2)43-51-41(45-35-17-13-10-14-18-35)50-42(52-43)46-36-24-23-34(38(30-36)64(58,59)60)22-21-33-20-19-32(27-37(33)63(55,56)57)29-40-47-39(28-31-15-11-9-12-16-31)48-44(49-40)54(61-7-3)62-8-4;;/h9-24,27,30H,5-8,25-26,28-29H2,1-4H3,(H,55,56,57)(H,58,59,60)(H2,45,46,50,51,52);;/q;2*+1/p-2/b22-21+;;. The normalized spacial score (nSPS) is 11.4. The monoisotopic (exact) mass is 954 g/mol. The number of anilines is 6. The second kappa shape index (κ2) is 25.6. The third kappa shape index (κ3) is 15.6. The van der Waals surface area contributed by atoms with E-state index in [1.54, 1.807) is 19.9 Å². The van der Waals surface area contributed by atoms with E-state index < -0.39 is 30.0 Å². The average molecular weight is 955 g/mol. The Morgan fingerprint density at radius 2 is 1.06 bits per heavy atom. The number of hydrogen-bond acceptors (Lipinski definition) is 18. The first-order valence-electron chi connectivity index (χ1n) is 20.6. The van der Waals surface area contributed by atoms with Crippen molar-refractivity contribution in [3.05, 3.63) is 131 Å². The Morgan fingerprint density at radius 1 is 0.561 bits per heavy atom. The number of hydrogen-bond donors (Lipinski definition) is 2. The van der Waals surface area contributed by atoms with E-state index in [1.807, 2.05) is 79.4 Å². The maximum atomic E-state index is 12.7. The molecule has 6 rings (SSSR count). The van der Waals surface area contributed by atoms with Gasteiger partial charge in [0.2, 0.25) is 17.8 Å². The minimum Gasteiger partial charge on any atom is -0.744 e. The zero-order valence-corrected chi connectivity index (χ0v) is 43.3. The molecule has 66 heavy (non-hydrogen) atoms. The molecular formula is C44H48N10Na2O8S2. The predicted molar refractivity (Wildman–Crippen MR) is 241 cm³/mol. The fourth-order valence-corrected chi connectivity index (χ4v) is 7.90. The van der Waals surface area contributed by atoms with E-state index in [0.29, 0.717) is 36.8 Å². The van der Waals surface area contributed by atoms with Crippen molar-refractivity contribution in [3.8, 4) is 0 Å². The molecule has 0 aliphatic carbocycles. The quantitative estimate of drug-likeness (QED) is 0.0418. The molecule has 2 N–H and O–H groups in total. The molecule has 336 valence electrons. The van der Waals surface area contributed by atoms with Gasteiger partial charge in [0.15, 0.2) is 0 Å². The summed E-state index contributed by atoms with van der Waals surface area (Å²) in [5.74, 6) is 1.44. The molecule has 0 unspecified atom stereocenters. The van der Waals surface area contributed by atoms with Gasteiger partial charge < -0.3 is 24.6 Å². The van der Waals surface area contributed by atoms with Crippen molar-refractivity contribution >= 4 is 67.6 Å². The van der Waals surface area contributed by atoms with Gasteiger partial charge in [0.05, 0.1) is 23.0 Å². The van der Waals surface area contributed by atoms with Crippen LogP contribution in [0.2, 0.25) is 0 Å². The van der Waals surface area contributed by atoms with Crippen molar-refractivity contribution in [2.24, 2.45) is 0 Å². The molecule has 0 aliphatic rings. The van der Waals surface area contributed by atoms with Crippen LogP contribution in [0.1, 0.15) is 74.4 Å². The second-order valence-corrected chi connectivity index (χ2v) is 16.8. The van der Waals surface area contributed by atoms with Crippen LogP contribution in [-0.2, 0) is 42.8 Å². The van der Waals surface area contributed by atoms with Crippen LogP contribution in [0.5, 0.6) is 0 Å². The molecule has 0 spiro atoms. The average Bonchev–Trinajstić information content (AvgIpc) is 3.26. The number of nitrogens with one attached hydrogen (secondary N) is 2. The van der Waals surface area contributed by atoms with Crippen LogP contribution in [0, 0.1) is 0 Å². The van der Waals surface area contributed by atoms with Crippen molar-refractivity contribution in [1.29, 1.82) is 0 Å². The summed E-state index contributed by atoms with van der Waals surface area (Å²) in [4.78, 5) is 39.4. The van der Waals surface area contributed by atoms with E-state index in [0.717, 1.165) is 35.4 Å². The number of benzene rings is 4. The Labute approximate surface area is 429 Å². The summed E-state index contributed by atoms with van der Waals surface area (Å²) in [6.07, 6.45) is 4.51. The minimum atomic E-state index is -5.09. The van der Waals surface area contributed by atoms with Gasteiger partial charge in [0.1, 0.15) is 31.9 Å². The van der Waals surface area contributed by atoms with Gasteiger partial charge in [0, 0.05) is 37.3 Å². The Hall–Kier alpha value is -4.42. The van der Waals surface area contributed by atoms with Gasteiger partial charge >= 0.3 is 59.1 Å². The molecule has 18 nitrogen and oxygen atoms in total. The summed E-state index contributed by atoms with van der Waals surface area (Å²) in [6, 6.07) is 27.0. The van der Waals surface area contributed by atoms with Crippen molar-refractivity contribution in [1.82, 2.24) is 29.9 Å². The minimum absolute atomic E-state index is 0. The molecule has 0 saturated carbocycles. The molecule has 0 radical (unpaired) electrons. The van der Waals surface area contributed by atoms with Gasteiger partial charge in [-0.25, -0.2) is 31.5 Å². The van der Waals surface area contributed by atoms with Crippen LogP contribution in [-0.4, -0.2) is 82.1 Å². The molecule has 0 bridgehead atoms. The Bertz CT molecular complexity index is 2580. The first kappa shape index (κ1) is 54.2. The first-order chi connectivity index (χ1) is 30.8. The van der Waals surface area contributed by atoms with Crippen molar-refractivity contribution in [3.63, 3.8) is 0 Å². The maximum absolute atomic E-state index is 12.7. The topological polar surface area (TPSA) is 241 Å². The van der Waals surface area contributed by atoms with Crippen LogP contribution in [0.25, 0.3) is 12.2 Å². The van der Waals surface area contributed by atoms with Crippen LogP contribution in [0.4, 0.5) is 35.2 Å². The third-order valence-electron chi connectivity index (χ3n) is 9.19. The summed E-state index contributed by atoms with van der Waals surface area (Å²) in [5, 5.41) is 7.28. The maximum Gasteiger partial charge on any atom is 1.00 e. The van der Waals surface area contributed by atoms with Gasteiger partial charge in [-0.1, -0.05) is 98.0 Å². The van der Waals surface area contributed by atoms with E-state index in [-0.39, 0.29) is 119 Å². The second-order valence-electron chi connectivity index (χ2n) is 14.2. The summed E-state index contributed by atoms with van der Waals surface area (Å²) < 4.78 is 76.0. The molecule has 6 aromatic rings. The van der Waals surface area contributed by atoms with Crippen LogP contribution < -0.4 is 79.9 Å². The van der Waals surface area contributed by atoms with Gasteiger partial charge in [-0.15, -0.1) is 0 Å². The zero-order chi connectivity index (χ0) is 45.7. The Kier molecular flexibility index (Phi) is 21.1. The number of para-hydroxylation sites is 1. The van der Waals surface area contributed by atoms with Crippen molar-refractivity contribution in [2.45, 2.75) is 63.2 Å². The molecule has 0 fully saturated rings. The van der Waals surface area contributed by atoms with Gasteiger partial charge in [-0.05, 0) is 79.3 Å². The van der Waals surface area contributed by atoms with E-state index in [1.165, 1.54) is 36.4 Å². The number of nitrogens with zero attached hydrogens (tertiary/aromatic N) is 8. The van der Waals surface area contributed by atoms with E-state index in [4.69, 9.17) is 9.68 Å². The number of aromatic nitrogens is 6. The fourth-order valence-electron chi connectivity index (χ4n) is 6.48. The molecule has 0 amide bonds.